The summed E-state index contributed by atoms with van der Waals surface area (Å²) in [5.74, 6) is 0.810. The number of sulfonamides is 1. The van der Waals surface area contributed by atoms with Gasteiger partial charge in [-0.2, -0.15) is 0 Å². The van der Waals surface area contributed by atoms with Gasteiger partial charge >= 0.3 is 0 Å². The summed E-state index contributed by atoms with van der Waals surface area (Å²) in [6.45, 7) is 3.95. The summed E-state index contributed by atoms with van der Waals surface area (Å²) in [4.78, 5) is 6.75. The largest absolute Gasteiger partial charge is 0.331 e. The fraction of sp³-hybridized carbons (Fsp3) is 0.571. The molecule has 0 radical (unpaired) electrons. The molecule has 0 aliphatic carbocycles. The van der Waals surface area contributed by atoms with Crippen LogP contribution in [0.3, 0.4) is 0 Å². The van der Waals surface area contributed by atoms with Crippen molar-refractivity contribution in [2.45, 2.75) is 31.2 Å². The van der Waals surface area contributed by atoms with Gasteiger partial charge in [-0.05, 0) is 22.4 Å². The number of primary sulfonamides is 1. The summed E-state index contributed by atoms with van der Waals surface area (Å²) in [5.41, 5.74) is 0. The SMILES string of the molecule is CCC(C)c1nc(Br)c(S(N)(=O)=O)[nH]1. The van der Waals surface area contributed by atoms with Crippen LogP contribution in [-0.2, 0) is 10.0 Å². The molecular formula is C7H12BrN3O2S. The molecule has 0 aromatic carbocycles. The zero-order valence-electron chi connectivity index (χ0n) is 7.91. The molecule has 1 unspecified atom stereocenters. The van der Waals surface area contributed by atoms with Gasteiger partial charge in [0.15, 0.2) is 5.03 Å². The number of nitrogens with two attached hydrogens (primary N) is 1. The number of H-pyrrole nitrogens is 1. The molecule has 7 heteroatoms. The van der Waals surface area contributed by atoms with E-state index in [2.05, 4.69) is 25.9 Å². The van der Waals surface area contributed by atoms with Crippen LogP contribution < -0.4 is 5.14 Å². The molecule has 1 aromatic heterocycles. The predicted molar refractivity (Wildman–Crippen MR) is 56.4 cm³/mol. The lowest BCUT2D eigenvalue weighted by Crippen LogP contribution is -2.13. The van der Waals surface area contributed by atoms with E-state index >= 15 is 0 Å². The average Bonchev–Trinajstić information content (AvgIpc) is 2.45. The molecule has 14 heavy (non-hydrogen) atoms. The Morgan fingerprint density at radius 2 is 2.21 bits per heavy atom. The monoisotopic (exact) mass is 281 g/mol. The molecule has 1 rings (SSSR count). The van der Waals surface area contributed by atoms with Gasteiger partial charge in [0.25, 0.3) is 10.0 Å². The first-order chi connectivity index (χ1) is 6.36. The van der Waals surface area contributed by atoms with Crippen molar-refractivity contribution in [2.24, 2.45) is 5.14 Å². The number of rotatable bonds is 3. The van der Waals surface area contributed by atoms with Crippen molar-refractivity contribution in [1.29, 1.82) is 0 Å². The van der Waals surface area contributed by atoms with E-state index in [0.717, 1.165) is 6.42 Å². The van der Waals surface area contributed by atoms with E-state index in [0.29, 0.717) is 5.82 Å². The number of hydrogen-bond donors (Lipinski definition) is 2. The molecule has 3 N–H and O–H groups in total. The lowest BCUT2D eigenvalue weighted by molar-refractivity contribution is 0.593. The fourth-order valence-electron chi connectivity index (χ4n) is 0.968. The van der Waals surface area contributed by atoms with Crippen molar-refractivity contribution in [3.8, 4) is 0 Å². The molecule has 0 bridgehead atoms. The molecule has 0 fully saturated rings. The second-order valence-electron chi connectivity index (χ2n) is 3.10. The first-order valence-electron chi connectivity index (χ1n) is 4.14. The zero-order chi connectivity index (χ0) is 10.9. The van der Waals surface area contributed by atoms with Gasteiger partial charge in [-0.25, -0.2) is 18.5 Å². The minimum atomic E-state index is -3.72. The quantitative estimate of drug-likeness (QED) is 0.876. The Labute approximate surface area is 91.3 Å². The summed E-state index contributed by atoms with van der Waals surface area (Å²) >= 11 is 3.05. The van der Waals surface area contributed by atoms with Gasteiger partial charge < -0.3 is 4.98 Å². The minimum Gasteiger partial charge on any atom is -0.331 e. The normalized spacial score (nSPS) is 14.3. The molecule has 0 saturated carbocycles. The first-order valence-corrected chi connectivity index (χ1v) is 6.48. The van der Waals surface area contributed by atoms with Gasteiger partial charge in [0.2, 0.25) is 0 Å². The lowest BCUT2D eigenvalue weighted by Gasteiger charge is -2.02. The van der Waals surface area contributed by atoms with Crippen LogP contribution in [0.2, 0.25) is 0 Å². The summed E-state index contributed by atoms with van der Waals surface area (Å²) in [7, 11) is -3.72. The van der Waals surface area contributed by atoms with Crippen molar-refractivity contribution in [2.75, 3.05) is 0 Å². The maximum atomic E-state index is 11.1. The second-order valence-corrected chi connectivity index (χ2v) is 5.35. The van der Waals surface area contributed by atoms with E-state index in [1.807, 2.05) is 13.8 Å². The molecule has 1 atom stereocenters. The fourth-order valence-corrected chi connectivity index (χ4v) is 2.46. The number of aromatic amines is 1. The molecule has 0 aliphatic heterocycles. The van der Waals surface area contributed by atoms with Crippen molar-refractivity contribution in [3.63, 3.8) is 0 Å². The van der Waals surface area contributed by atoms with Crippen LogP contribution in [0.5, 0.6) is 0 Å². The van der Waals surface area contributed by atoms with Crippen molar-refractivity contribution < 1.29 is 8.42 Å². The number of aromatic nitrogens is 2. The Bertz CT molecular complexity index is 426. The lowest BCUT2D eigenvalue weighted by atomic mass is 10.1. The van der Waals surface area contributed by atoms with E-state index in [-0.39, 0.29) is 15.5 Å². The molecule has 1 heterocycles. The molecule has 1 aromatic rings. The number of nitrogens with zero attached hydrogens (tertiary/aromatic N) is 1. The van der Waals surface area contributed by atoms with Crippen molar-refractivity contribution >= 4 is 26.0 Å². The summed E-state index contributed by atoms with van der Waals surface area (Å²) in [6.07, 6.45) is 0.879. The van der Waals surface area contributed by atoms with Crippen molar-refractivity contribution in [1.82, 2.24) is 9.97 Å². The highest BCUT2D eigenvalue weighted by Gasteiger charge is 2.19. The molecular weight excluding hydrogens is 270 g/mol. The third kappa shape index (κ3) is 2.34. The Hall–Kier alpha value is -0.400. The van der Waals surface area contributed by atoms with Crippen LogP contribution in [0.1, 0.15) is 32.0 Å². The predicted octanol–water partition coefficient (Wildman–Crippen LogP) is 1.33. The Balaban J connectivity index is 3.18. The first kappa shape index (κ1) is 11.7. The molecule has 0 saturated heterocycles. The van der Waals surface area contributed by atoms with E-state index in [4.69, 9.17) is 5.14 Å². The van der Waals surface area contributed by atoms with E-state index in [9.17, 15) is 8.42 Å². The van der Waals surface area contributed by atoms with Gasteiger partial charge in [-0.1, -0.05) is 13.8 Å². The maximum Gasteiger partial charge on any atom is 0.256 e. The zero-order valence-corrected chi connectivity index (χ0v) is 10.3. The van der Waals surface area contributed by atoms with Crippen LogP contribution in [0.15, 0.2) is 9.63 Å². The maximum absolute atomic E-state index is 11.1. The Morgan fingerprint density at radius 3 is 2.57 bits per heavy atom. The molecule has 5 nitrogen and oxygen atoms in total. The highest BCUT2D eigenvalue weighted by molar-refractivity contribution is 9.10. The van der Waals surface area contributed by atoms with Crippen LogP contribution >= 0.6 is 15.9 Å². The number of imidazole rings is 1. The summed E-state index contributed by atoms with van der Waals surface area (Å²) < 4.78 is 22.4. The average molecular weight is 282 g/mol. The van der Waals surface area contributed by atoms with Crippen LogP contribution in [0.25, 0.3) is 0 Å². The van der Waals surface area contributed by atoms with E-state index in [1.54, 1.807) is 0 Å². The molecule has 80 valence electrons. The van der Waals surface area contributed by atoms with Gasteiger partial charge in [0.05, 0.1) is 0 Å². The number of nitrogens with one attached hydrogen (secondary N) is 1. The van der Waals surface area contributed by atoms with E-state index < -0.39 is 10.0 Å². The molecule has 0 aliphatic rings. The highest BCUT2D eigenvalue weighted by atomic mass is 79.9. The standard InChI is InChI=1S/C7H12BrN3O2S/c1-3-4(2)6-10-5(8)7(11-6)14(9,12)13/h4H,3H2,1-2H3,(H,10,11)(H2,9,12,13). The summed E-state index contributed by atoms with van der Waals surface area (Å²) in [6, 6.07) is 0. The van der Waals surface area contributed by atoms with Crippen LogP contribution in [0.4, 0.5) is 0 Å². The Morgan fingerprint density at radius 1 is 1.64 bits per heavy atom. The van der Waals surface area contributed by atoms with Gasteiger partial charge in [-0.15, -0.1) is 0 Å². The van der Waals surface area contributed by atoms with E-state index in [1.165, 1.54) is 0 Å². The van der Waals surface area contributed by atoms with Gasteiger partial charge in [-0.3, -0.25) is 0 Å². The third-order valence-electron chi connectivity index (χ3n) is 2.01. The topological polar surface area (TPSA) is 88.8 Å². The van der Waals surface area contributed by atoms with Crippen molar-refractivity contribution in [3.05, 3.63) is 10.4 Å². The highest BCUT2D eigenvalue weighted by Crippen LogP contribution is 2.23. The second kappa shape index (κ2) is 4.00. The summed E-state index contributed by atoms with van der Waals surface area (Å²) in [5, 5.41) is 4.92. The van der Waals surface area contributed by atoms with Crippen LogP contribution in [0, 0.1) is 0 Å². The molecule has 0 spiro atoms. The third-order valence-corrected chi connectivity index (χ3v) is 3.71. The van der Waals surface area contributed by atoms with Gasteiger partial charge in [0, 0.05) is 5.92 Å². The Kier molecular flexibility index (Phi) is 3.33. The molecule has 0 amide bonds. The number of halogens is 1. The smallest absolute Gasteiger partial charge is 0.256 e. The minimum absolute atomic E-state index is 0.0622. The number of hydrogen-bond acceptors (Lipinski definition) is 3. The van der Waals surface area contributed by atoms with Crippen LogP contribution in [-0.4, -0.2) is 18.4 Å². The van der Waals surface area contributed by atoms with Gasteiger partial charge in [0.1, 0.15) is 10.4 Å².